The van der Waals surface area contributed by atoms with Crippen LogP contribution in [0.15, 0.2) is 0 Å². The van der Waals surface area contributed by atoms with Crippen molar-refractivity contribution in [3.8, 4) is 0 Å². The molecule has 0 aromatic rings. The zero-order valence-corrected chi connectivity index (χ0v) is 9.22. The lowest BCUT2D eigenvalue weighted by atomic mass is 9.82. The van der Waals surface area contributed by atoms with Crippen LogP contribution in [0.25, 0.3) is 0 Å². The molecule has 0 amide bonds. The number of hydrogen-bond donors (Lipinski definition) is 2. The molecule has 0 aromatic heterocycles. The SMILES string of the molecule is CC(NCC(C)C(C)(C)C)C(=O)O. The smallest absolute Gasteiger partial charge is 0.320 e. The van der Waals surface area contributed by atoms with Crippen molar-refractivity contribution in [2.24, 2.45) is 11.3 Å². The number of rotatable bonds is 4. The van der Waals surface area contributed by atoms with Crippen molar-refractivity contribution in [1.29, 1.82) is 0 Å². The van der Waals surface area contributed by atoms with Crippen molar-refractivity contribution in [3.63, 3.8) is 0 Å². The molecule has 0 bridgehead atoms. The molecule has 0 fully saturated rings. The first-order chi connectivity index (χ1) is 5.75. The van der Waals surface area contributed by atoms with E-state index in [1.807, 2.05) is 0 Å². The molecule has 2 atom stereocenters. The Labute approximate surface area is 80.5 Å². The number of carboxylic acids is 1. The third-order valence-corrected chi connectivity index (χ3v) is 2.58. The van der Waals surface area contributed by atoms with Crippen LogP contribution in [-0.2, 0) is 4.79 Å². The molecule has 0 aliphatic carbocycles. The molecule has 0 saturated carbocycles. The zero-order valence-electron chi connectivity index (χ0n) is 9.22. The van der Waals surface area contributed by atoms with Crippen LogP contribution in [0.5, 0.6) is 0 Å². The van der Waals surface area contributed by atoms with Crippen LogP contribution in [0.2, 0.25) is 0 Å². The Morgan fingerprint density at radius 1 is 1.38 bits per heavy atom. The maximum Gasteiger partial charge on any atom is 0.320 e. The molecule has 0 rings (SSSR count). The summed E-state index contributed by atoms with van der Waals surface area (Å²) in [5.74, 6) is -0.324. The van der Waals surface area contributed by atoms with Gasteiger partial charge in [0.15, 0.2) is 0 Å². The van der Waals surface area contributed by atoms with Crippen molar-refractivity contribution in [3.05, 3.63) is 0 Å². The Morgan fingerprint density at radius 2 is 1.85 bits per heavy atom. The largest absolute Gasteiger partial charge is 0.480 e. The second-order valence-corrected chi connectivity index (χ2v) is 4.74. The number of hydrogen-bond acceptors (Lipinski definition) is 2. The lowest BCUT2D eigenvalue weighted by Gasteiger charge is -2.28. The maximum absolute atomic E-state index is 10.5. The van der Waals surface area contributed by atoms with Crippen LogP contribution in [0.3, 0.4) is 0 Å². The van der Waals surface area contributed by atoms with Crippen LogP contribution in [0.1, 0.15) is 34.6 Å². The molecule has 3 nitrogen and oxygen atoms in total. The quantitative estimate of drug-likeness (QED) is 0.704. The third kappa shape index (κ3) is 4.88. The molecule has 3 heteroatoms. The van der Waals surface area contributed by atoms with Crippen LogP contribution in [-0.4, -0.2) is 23.7 Å². The summed E-state index contributed by atoms with van der Waals surface area (Å²) in [6.45, 7) is 11.0. The Hall–Kier alpha value is -0.570. The summed E-state index contributed by atoms with van der Waals surface area (Å²) in [5.41, 5.74) is 0.227. The number of aliphatic carboxylic acids is 1. The van der Waals surface area contributed by atoms with Gasteiger partial charge in [0.25, 0.3) is 0 Å². The summed E-state index contributed by atoms with van der Waals surface area (Å²) in [5, 5.41) is 11.6. The standard InChI is InChI=1S/C10H21NO2/c1-7(10(3,4)5)6-11-8(2)9(12)13/h7-8,11H,6H2,1-5H3,(H,12,13). The van der Waals surface area contributed by atoms with E-state index in [1.165, 1.54) is 0 Å². The fraction of sp³-hybridized carbons (Fsp3) is 0.900. The first-order valence-corrected chi connectivity index (χ1v) is 4.71. The van der Waals surface area contributed by atoms with E-state index in [4.69, 9.17) is 5.11 Å². The summed E-state index contributed by atoms with van der Waals surface area (Å²) in [6, 6.07) is -0.454. The summed E-state index contributed by atoms with van der Waals surface area (Å²) in [4.78, 5) is 10.5. The van der Waals surface area contributed by atoms with Crippen LogP contribution < -0.4 is 5.32 Å². The molecule has 2 N–H and O–H groups in total. The Morgan fingerprint density at radius 3 is 2.15 bits per heavy atom. The number of nitrogens with one attached hydrogen (secondary N) is 1. The van der Waals surface area contributed by atoms with Gasteiger partial charge in [-0.2, -0.15) is 0 Å². The molecule has 0 radical (unpaired) electrons. The molecule has 0 spiro atoms. The van der Waals surface area contributed by atoms with Gasteiger partial charge in [-0.1, -0.05) is 27.7 Å². The molecule has 0 aliphatic rings. The summed E-state index contributed by atoms with van der Waals surface area (Å²) in [6.07, 6.45) is 0. The Balaban J connectivity index is 3.83. The van der Waals surface area contributed by atoms with Gasteiger partial charge in [-0.25, -0.2) is 0 Å². The molecule has 78 valence electrons. The monoisotopic (exact) mass is 187 g/mol. The van der Waals surface area contributed by atoms with Crippen molar-refractivity contribution in [1.82, 2.24) is 5.32 Å². The molecule has 0 heterocycles. The van der Waals surface area contributed by atoms with Crippen LogP contribution >= 0.6 is 0 Å². The van der Waals surface area contributed by atoms with Gasteiger partial charge >= 0.3 is 5.97 Å². The van der Waals surface area contributed by atoms with Gasteiger partial charge in [-0.15, -0.1) is 0 Å². The van der Waals surface area contributed by atoms with E-state index in [1.54, 1.807) is 6.92 Å². The highest BCUT2D eigenvalue weighted by molar-refractivity contribution is 5.72. The normalized spacial score (nSPS) is 16.7. The van der Waals surface area contributed by atoms with E-state index >= 15 is 0 Å². The van der Waals surface area contributed by atoms with Crippen molar-refractivity contribution < 1.29 is 9.90 Å². The highest BCUT2D eigenvalue weighted by Gasteiger charge is 2.21. The van der Waals surface area contributed by atoms with E-state index < -0.39 is 12.0 Å². The molecule has 0 aromatic carbocycles. The van der Waals surface area contributed by atoms with Crippen molar-refractivity contribution in [2.45, 2.75) is 40.7 Å². The fourth-order valence-electron chi connectivity index (χ4n) is 0.747. The first kappa shape index (κ1) is 12.4. The summed E-state index contributed by atoms with van der Waals surface area (Å²) < 4.78 is 0. The van der Waals surface area contributed by atoms with E-state index in [9.17, 15) is 4.79 Å². The molecule has 13 heavy (non-hydrogen) atoms. The lowest BCUT2D eigenvalue weighted by molar-refractivity contribution is -0.139. The van der Waals surface area contributed by atoms with Gasteiger partial charge in [0.05, 0.1) is 0 Å². The third-order valence-electron chi connectivity index (χ3n) is 2.58. The Kier molecular flexibility index (Phi) is 4.40. The molecule has 0 saturated heterocycles. The van der Waals surface area contributed by atoms with Gasteiger partial charge < -0.3 is 10.4 Å². The van der Waals surface area contributed by atoms with E-state index in [0.29, 0.717) is 5.92 Å². The van der Waals surface area contributed by atoms with Gasteiger partial charge in [0.2, 0.25) is 0 Å². The zero-order chi connectivity index (χ0) is 10.6. The highest BCUT2D eigenvalue weighted by atomic mass is 16.4. The first-order valence-electron chi connectivity index (χ1n) is 4.71. The molecule has 2 unspecified atom stereocenters. The summed E-state index contributed by atoms with van der Waals surface area (Å²) in [7, 11) is 0. The number of carboxylic acid groups (broad SMARTS) is 1. The van der Waals surface area contributed by atoms with Gasteiger partial charge in [0, 0.05) is 0 Å². The van der Waals surface area contributed by atoms with Crippen LogP contribution in [0.4, 0.5) is 0 Å². The van der Waals surface area contributed by atoms with E-state index in [0.717, 1.165) is 6.54 Å². The van der Waals surface area contributed by atoms with Gasteiger partial charge in [-0.05, 0) is 24.8 Å². The maximum atomic E-state index is 10.5. The minimum absolute atomic E-state index is 0.227. The summed E-state index contributed by atoms with van der Waals surface area (Å²) >= 11 is 0. The van der Waals surface area contributed by atoms with E-state index in [2.05, 4.69) is 33.0 Å². The molecule has 0 aliphatic heterocycles. The second kappa shape index (κ2) is 4.61. The highest BCUT2D eigenvalue weighted by Crippen LogP contribution is 2.24. The minimum Gasteiger partial charge on any atom is -0.480 e. The fourth-order valence-corrected chi connectivity index (χ4v) is 0.747. The van der Waals surface area contributed by atoms with Gasteiger partial charge in [-0.3, -0.25) is 4.79 Å². The lowest BCUT2D eigenvalue weighted by Crippen LogP contribution is -2.39. The predicted molar refractivity (Wildman–Crippen MR) is 53.7 cm³/mol. The average Bonchev–Trinajstić information content (AvgIpc) is 1.97. The number of carbonyl (C=O) groups is 1. The Bertz CT molecular complexity index is 172. The topological polar surface area (TPSA) is 49.3 Å². The van der Waals surface area contributed by atoms with Crippen molar-refractivity contribution >= 4 is 5.97 Å². The van der Waals surface area contributed by atoms with Gasteiger partial charge in [0.1, 0.15) is 6.04 Å². The second-order valence-electron chi connectivity index (χ2n) is 4.74. The molecular formula is C10H21NO2. The minimum atomic E-state index is -0.791. The average molecular weight is 187 g/mol. The molecular weight excluding hydrogens is 166 g/mol. The predicted octanol–water partition coefficient (Wildman–Crippen LogP) is 1.73. The van der Waals surface area contributed by atoms with E-state index in [-0.39, 0.29) is 5.41 Å². The van der Waals surface area contributed by atoms with Crippen molar-refractivity contribution in [2.75, 3.05) is 6.54 Å². The van der Waals surface area contributed by atoms with Crippen LogP contribution in [0, 0.1) is 11.3 Å².